The Morgan fingerprint density at radius 3 is 2.29 bits per heavy atom. The van der Waals surface area contributed by atoms with E-state index in [1.54, 1.807) is 0 Å². The van der Waals surface area contributed by atoms with E-state index in [1.807, 2.05) is 77.7 Å². The smallest absolute Gasteiger partial charge is 0.312 e. The maximum Gasteiger partial charge on any atom is 0.312 e. The largest absolute Gasteiger partial charge is 0.469 e. The fourth-order valence-electron chi connectivity index (χ4n) is 4.97. The minimum atomic E-state index is -0.748. The van der Waals surface area contributed by atoms with Gasteiger partial charge in [0.15, 0.2) is 0 Å². The third-order valence-electron chi connectivity index (χ3n) is 6.15. The lowest BCUT2D eigenvalue weighted by Crippen LogP contribution is -2.40. The number of carbonyl (C=O) groups is 2. The first-order valence-electron chi connectivity index (χ1n) is 9.50. The molecule has 2 saturated heterocycles. The number of methoxy groups -OCH3 is 1. The summed E-state index contributed by atoms with van der Waals surface area (Å²) in [5, 5.41) is 0. The number of benzene rings is 2. The van der Waals surface area contributed by atoms with Crippen LogP contribution in [0, 0.1) is 11.8 Å². The van der Waals surface area contributed by atoms with Crippen LogP contribution in [0.4, 0.5) is 0 Å². The van der Waals surface area contributed by atoms with Crippen molar-refractivity contribution in [3.63, 3.8) is 0 Å². The molecule has 0 aliphatic carbocycles. The maximum atomic E-state index is 13.6. The molecule has 0 saturated carbocycles. The Balaban J connectivity index is 1.58. The molecule has 0 N–H and O–H groups in total. The van der Waals surface area contributed by atoms with Gasteiger partial charge in [0.1, 0.15) is 11.5 Å². The predicted molar refractivity (Wildman–Crippen MR) is 102 cm³/mol. The summed E-state index contributed by atoms with van der Waals surface area (Å²) in [6.45, 7) is 0.422. The highest BCUT2D eigenvalue weighted by atomic mass is 16.5. The molecule has 1 amide bonds. The molecule has 4 atom stereocenters. The van der Waals surface area contributed by atoms with Gasteiger partial charge in [-0.15, -0.1) is 0 Å². The molecule has 0 aromatic heterocycles. The molecule has 2 fully saturated rings. The Morgan fingerprint density at radius 2 is 1.71 bits per heavy atom. The molecular weight excluding hydrogens is 354 g/mol. The monoisotopic (exact) mass is 375 g/mol. The highest BCUT2D eigenvalue weighted by Crippen LogP contribution is 2.54. The molecule has 0 radical (unpaired) electrons. The van der Waals surface area contributed by atoms with Crippen molar-refractivity contribution in [1.29, 1.82) is 0 Å². The average Bonchev–Trinajstić information content (AvgIpc) is 3.38. The van der Waals surface area contributed by atoms with Crippen LogP contribution in [0.3, 0.4) is 0 Å². The van der Waals surface area contributed by atoms with E-state index >= 15 is 0 Å². The summed E-state index contributed by atoms with van der Waals surface area (Å²) in [6, 6.07) is 19.7. The molecule has 2 bridgehead atoms. The number of amides is 1. The number of likely N-dealkylation sites (tertiary alicyclic amines) is 1. The molecule has 5 heteroatoms. The van der Waals surface area contributed by atoms with Crippen molar-refractivity contribution in [3.05, 3.63) is 83.9 Å². The van der Waals surface area contributed by atoms with Crippen LogP contribution in [0.5, 0.6) is 0 Å². The highest BCUT2D eigenvalue weighted by molar-refractivity contribution is 5.91. The lowest BCUT2D eigenvalue weighted by atomic mass is 9.77. The molecule has 142 valence electrons. The summed E-state index contributed by atoms with van der Waals surface area (Å²) in [6.07, 6.45) is 3.48. The second-order valence-corrected chi connectivity index (χ2v) is 7.61. The molecule has 3 aliphatic rings. The second kappa shape index (κ2) is 6.31. The number of rotatable bonds is 4. The minimum Gasteiger partial charge on any atom is -0.469 e. The van der Waals surface area contributed by atoms with Crippen molar-refractivity contribution in [1.82, 2.24) is 4.90 Å². The van der Waals surface area contributed by atoms with Gasteiger partial charge in [0.2, 0.25) is 5.91 Å². The normalized spacial score (nSPS) is 30.1. The van der Waals surface area contributed by atoms with Gasteiger partial charge in [-0.1, -0.05) is 72.8 Å². The van der Waals surface area contributed by atoms with E-state index in [1.165, 1.54) is 7.11 Å². The Labute approximate surface area is 163 Å². The number of hydrogen-bond donors (Lipinski definition) is 0. The van der Waals surface area contributed by atoms with Gasteiger partial charge in [0.25, 0.3) is 0 Å². The zero-order chi connectivity index (χ0) is 19.3. The topological polar surface area (TPSA) is 55.8 Å². The SMILES string of the molecule is COC(=O)[C@@H]1[C@H]2C=C[C@@]3(CN(C(c4ccccc4)c4ccccc4)C(=O)[C@@H]13)O2. The van der Waals surface area contributed by atoms with Crippen LogP contribution in [0.25, 0.3) is 0 Å². The number of ether oxygens (including phenoxy) is 2. The average molecular weight is 375 g/mol. The first kappa shape index (κ1) is 17.2. The number of fused-ring (bicyclic) bond motifs is 1. The molecule has 2 aromatic rings. The van der Waals surface area contributed by atoms with Crippen LogP contribution in [0.2, 0.25) is 0 Å². The third-order valence-corrected chi connectivity index (χ3v) is 6.15. The zero-order valence-corrected chi connectivity index (χ0v) is 15.5. The molecule has 3 heterocycles. The third kappa shape index (κ3) is 2.36. The second-order valence-electron chi connectivity index (χ2n) is 7.61. The number of nitrogens with zero attached hydrogens (tertiary/aromatic N) is 1. The highest BCUT2D eigenvalue weighted by Gasteiger charge is 2.68. The van der Waals surface area contributed by atoms with E-state index in [-0.39, 0.29) is 24.0 Å². The van der Waals surface area contributed by atoms with Gasteiger partial charge in [-0.3, -0.25) is 9.59 Å². The summed E-state index contributed by atoms with van der Waals surface area (Å²) in [5.41, 5.74) is 1.32. The van der Waals surface area contributed by atoms with Crippen molar-refractivity contribution < 1.29 is 19.1 Å². The van der Waals surface area contributed by atoms with Crippen molar-refractivity contribution in [2.24, 2.45) is 11.8 Å². The zero-order valence-electron chi connectivity index (χ0n) is 15.5. The van der Waals surface area contributed by atoms with Gasteiger partial charge < -0.3 is 14.4 Å². The van der Waals surface area contributed by atoms with E-state index in [0.29, 0.717) is 6.54 Å². The molecule has 0 unspecified atom stereocenters. The van der Waals surface area contributed by atoms with E-state index < -0.39 is 17.4 Å². The standard InChI is InChI=1S/C23H21NO4/c1-27-22(26)18-17-12-13-23(28-17)14-24(21(25)19(18)23)20(15-8-4-2-5-9-15)16-10-6-3-7-11-16/h2-13,17-20H,14H2,1H3/t17-,18-,19-,23+/m1/s1. The van der Waals surface area contributed by atoms with Crippen LogP contribution >= 0.6 is 0 Å². The lowest BCUT2D eigenvalue weighted by molar-refractivity contribution is -0.151. The quantitative estimate of drug-likeness (QED) is 0.609. The van der Waals surface area contributed by atoms with Crippen LogP contribution < -0.4 is 0 Å². The molecule has 5 rings (SSSR count). The number of hydrogen-bond acceptors (Lipinski definition) is 4. The van der Waals surface area contributed by atoms with Gasteiger partial charge in [0.05, 0.1) is 31.7 Å². The predicted octanol–water partition coefficient (Wildman–Crippen LogP) is 2.73. The van der Waals surface area contributed by atoms with Crippen molar-refractivity contribution in [2.45, 2.75) is 17.7 Å². The summed E-state index contributed by atoms with van der Waals surface area (Å²) in [7, 11) is 1.36. The fraction of sp³-hybridized carbons (Fsp3) is 0.304. The Hall–Kier alpha value is -2.92. The van der Waals surface area contributed by atoms with Crippen molar-refractivity contribution >= 4 is 11.9 Å². The van der Waals surface area contributed by atoms with E-state index in [4.69, 9.17) is 9.47 Å². The summed E-state index contributed by atoms with van der Waals surface area (Å²) in [4.78, 5) is 27.9. The van der Waals surface area contributed by atoms with Crippen LogP contribution in [0.15, 0.2) is 72.8 Å². The van der Waals surface area contributed by atoms with Crippen LogP contribution in [-0.4, -0.2) is 42.1 Å². The van der Waals surface area contributed by atoms with Gasteiger partial charge in [-0.05, 0) is 11.1 Å². The number of carbonyl (C=O) groups excluding carboxylic acids is 2. The minimum absolute atomic E-state index is 0.0556. The van der Waals surface area contributed by atoms with Crippen LogP contribution in [-0.2, 0) is 19.1 Å². The van der Waals surface area contributed by atoms with Gasteiger partial charge in [-0.25, -0.2) is 0 Å². The Kier molecular flexibility index (Phi) is 3.88. The Bertz CT molecular complexity index is 902. The Morgan fingerprint density at radius 1 is 1.11 bits per heavy atom. The van der Waals surface area contributed by atoms with E-state index in [0.717, 1.165) is 11.1 Å². The summed E-state index contributed by atoms with van der Waals surface area (Å²) in [5.74, 6) is -1.56. The lowest BCUT2D eigenvalue weighted by Gasteiger charge is -2.31. The van der Waals surface area contributed by atoms with Gasteiger partial charge >= 0.3 is 5.97 Å². The summed E-state index contributed by atoms with van der Waals surface area (Å²) < 4.78 is 11.1. The van der Waals surface area contributed by atoms with Crippen molar-refractivity contribution in [2.75, 3.05) is 13.7 Å². The van der Waals surface area contributed by atoms with Crippen molar-refractivity contribution in [3.8, 4) is 0 Å². The molecule has 5 nitrogen and oxygen atoms in total. The molecule has 3 aliphatic heterocycles. The first-order chi connectivity index (χ1) is 13.6. The fourth-order valence-corrected chi connectivity index (χ4v) is 4.97. The van der Waals surface area contributed by atoms with E-state index in [9.17, 15) is 9.59 Å². The summed E-state index contributed by atoms with van der Waals surface area (Å²) >= 11 is 0. The van der Waals surface area contributed by atoms with Gasteiger partial charge in [-0.2, -0.15) is 0 Å². The van der Waals surface area contributed by atoms with E-state index in [2.05, 4.69) is 0 Å². The molecule has 2 aromatic carbocycles. The van der Waals surface area contributed by atoms with Crippen LogP contribution in [0.1, 0.15) is 17.2 Å². The molecule has 1 spiro atoms. The molecule has 28 heavy (non-hydrogen) atoms. The number of esters is 1. The molecular formula is C23H21NO4. The van der Waals surface area contributed by atoms with Gasteiger partial charge in [0, 0.05) is 0 Å². The maximum absolute atomic E-state index is 13.6. The first-order valence-corrected chi connectivity index (χ1v) is 9.50.